The second kappa shape index (κ2) is 13.0. The van der Waals surface area contributed by atoms with E-state index < -0.39 is 11.7 Å². The standard InChI is InChI=1S/C35H34ClNO4/c1-2-3-6-19-33(38)37-29(25-40-34(37)39)24-26-20-22-30(23-21-26)41-35(27-13-7-4-8-14-27,28-15-9-5-10-16-28)31-17-11-12-18-32(31)36/h4-5,7-18,20-23,29H,2-3,6,19,24-25H2,1H3/t29-/m0/s1. The molecule has 210 valence electrons. The SMILES string of the molecule is CCCCCC(=O)N1C(=O)OC[C@@H]1Cc1ccc(OC(c2ccccc2)(c2ccccc2)c2ccccc2Cl)cc1. The Morgan fingerprint density at radius 3 is 2.10 bits per heavy atom. The summed E-state index contributed by atoms with van der Waals surface area (Å²) in [5, 5.41) is 0.603. The molecular formula is C35H34ClNO4. The minimum Gasteiger partial charge on any atom is -0.473 e. The van der Waals surface area contributed by atoms with Gasteiger partial charge in [-0.3, -0.25) is 4.79 Å². The first-order chi connectivity index (χ1) is 20.0. The Morgan fingerprint density at radius 1 is 0.878 bits per heavy atom. The molecule has 6 heteroatoms. The van der Waals surface area contributed by atoms with Gasteiger partial charge in [0.25, 0.3) is 0 Å². The average molecular weight is 568 g/mol. The van der Waals surface area contributed by atoms with E-state index in [0.717, 1.165) is 41.5 Å². The molecule has 1 heterocycles. The summed E-state index contributed by atoms with van der Waals surface area (Å²) in [7, 11) is 0. The number of hydrogen-bond acceptors (Lipinski definition) is 4. The van der Waals surface area contributed by atoms with Crippen LogP contribution in [-0.4, -0.2) is 29.5 Å². The van der Waals surface area contributed by atoms with Crippen molar-refractivity contribution in [1.82, 2.24) is 4.90 Å². The zero-order valence-electron chi connectivity index (χ0n) is 23.2. The van der Waals surface area contributed by atoms with Crippen molar-refractivity contribution in [3.05, 3.63) is 136 Å². The highest BCUT2D eigenvalue weighted by molar-refractivity contribution is 6.31. The lowest BCUT2D eigenvalue weighted by atomic mass is 9.80. The van der Waals surface area contributed by atoms with Crippen LogP contribution in [0.3, 0.4) is 0 Å². The third-order valence-corrected chi connectivity index (χ3v) is 7.83. The van der Waals surface area contributed by atoms with Crippen LogP contribution in [-0.2, 0) is 21.6 Å². The fourth-order valence-corrected chi connectivity index (χ4v) is 5.72. The number of carbonyl (C=O) groups is 2. The molecule has 0 saturated carbocycles. The number of imide groups is 1. The quantitative estimate of drug-likeness (QED) is 0.135. The summed E-state index contributed by atoms with van der Waals surface area (Å²) < 4.78 is 12.2. The minimum atomic E-state index is -1.00. The Labute approximate surface area is 246 Å². The maximum absolute atomic E-state index is 12.8. The molecule has 0 radical (unpaired) electrons. The van der Waals surface area contributed by atoms with Gasteiger partial charge >= 0.3 is 6.09 Å². The van der Waals surface area contributed by atoms with E-state index in [1.165, 1.54) is 4.90 Å². The van der Waals surface area contributed by atoms with Gasteiger partial charge in [-0.2, -0.15) is 0 Å². The lowest BCUT2D eigenvalue weighted by Crippen LogP contribution is -2.40. The van der Waals surface area contributed by atoms with E-state index in [0.29, 0.717) is 23.6 Å². The highest BCUT2D eigenvalue weighted by Gasteiger charge is 2.41. The van der Waals surface area contributed by atoms with Gasteiger partial charge in [-0.25, -0.2) is 9.69 Å². The number of unbranched alkanes of at least 4 members (excludes halogenated alkanes) is 2. The predicted octanol–water partition coefficient (Wildman–Crippen LogP) is 8.18. The van der Waals surface area contributed by atoms with Gasteiger partial charge in [0.05, 0.1) is 6.04 Å². The minimum absolute atomic E-state index is 0.166. The molecule has 1 atom stereocenters. The molecule has 1 fully saturated rings. The first kappa shape index (κ1) is 28.4. The van der Waals surface area contributed by atoms with Crippen molar-refractivity contribution in [2.24, 2.45) is 0 Å². The van der Waals surface area contributed by atoms with Gasteiger partial charge in [0.2, 0.25) is 5.91 Å². The molecule has 0 bridgehead atoms. The predicted molar refractivity (Wildman–Crippen MR) is 161 cm³/mol. The normalized spacial score (nSPS) is 15.0. The molecule has 0 unspecified atom stereocenters. The van der Waals surface area contributed by atoms with E-state index >= 15 is 0 Å². The number of hydrogen-bond donors (Lipinski definition) is 0. The number of benzene rings is 4. The van der Waals surface area contributed by atoms with E-state index in [9.17, 15) is 9.59 Å². The molecule has 4 aromatic rings. The van der Waals surface area contributed by atoms with Gasteiger partial charge in [0.15, 0.2) is 5.60 Å². The summed E-state index contributed by atoms with van der Waals surface area (Å²) in [4.78, 5) is 26.4. The zero-order chi connectivity index (χ0) is 28.7. The summed E-state index contributed by atoms with van der Waals surface area (Å²) in [5.41, 5.74) is 2.71. The molecule has 41 heavy (non-hydrogen) atoms. The number of ether oxygens (including phenoxy) is 2. The van der Waals surface area contributed by atoms with Gasteiger partial charge in [0.1, 0.15) is 12.4 Å². The highest BCUT2D eigenvalue weighted by atomic mass is 35.5. The van der Waals surface area contributed by atoms with Crippen molar-refractivity contribution in [2.45, 2.75) is 50.7 Å². The molecule has 1 aliphatic rings. The van der Waals surface area contributed by atoms with E-state index in [-0.39, 0.29) is 18.6 Å². The summed E-state index contributed by atoms with van der Waals surface area (Å²) in [5.74, 6) is 0.494. The second-order valence-corrected chi connectivity index (χ2v) is 10.7. The fourth-order valence-electron chi connectivity index (χ4n) is 5.45. The molecule has 5 rings (SSSR count). The summed E-state index contributed by atoms with van der Waals surface area (Å²) in [6, 6.07) is 35.4. The van der Waals surface area contributed by atoms with E-state index in [4.69, 9.17) is 21.1 Å². The first-order valence-corrected chi connectivity index (χ1v) is 14.5. The maximum Gasteiger partial charge on any atom is 0.416 e. The smallest absolute Gasteiger partial charge is 0.416 e. The molecule has 0 spiro atoms. The van der Waals surface area contributed by atoms with Crippen molar-refractivity contribution in [1.29, 1.82) is 0 Å². The van der Waals surface area contributed by atoms with Gasteiger partial charge in [0, 0.05) is 28.1 Å². The van der Waals surface area contributed by atoms with E-state index in [2.05, 4.69) is 6.92 Å². The number of amides is 2. The number of carbonyl (C=O) groups excluding carboxylic acids is 2. The molecule has 0 N–H and O–H groups in total. The molecule has 5 nitrogen and oxygen atoms in total. The molecule has 1 aliphatic heterocycles. The largest absolute Gasteiger partial charge is 0.473 e. The van der Waals surface area contributed by atoms with Crippen molar-refractivity contribution >= 4 is 23.6 Å². The van der Waals surface area contributed by atoms with Crippen LogP contribution < -0.4 is 4.74 Å². The Kier molecular flexibility index (Phi) is 9.05. The first-order valence-electron chi connectivity index (χ1n) is 14.2. The van der Waals surface area contributed by atoms with Crippen LogP contribution >= 0.6 is 11.6 Å². The lowest BCUT2D eigenvalue weighted by molar-refractivity contribution is -0.129. The highest BCUT2D eigenvalue weighted by Crippen LogP contribution is 2.43. The van der Waals surface area contributed by atoms with Gasteiger partial charge in [-0.1, -0.05) is 122 Å². The van der Waals surface area contributed by atoms with Crippen molar-refractivity contribution in [3.63, 3.8) is 0 Å². The fraction of sp³-hybridized carbons (Fsp3) is 0.257. The molecule has 1 saturated heterocycles. The number of halogens is 1. The second-order valence-electron chi connectivity index (χ2n) is 10.3. The molecule has 0 aliphatic carbocycles. The summed E-state index contributed by atoms with van der Waals surface area (Å²) in [6.45, 7) is 2.29. The van der Waals surface area contributed by atoms with Crippen molar-refractivity contribution < 1.29 is 19.1 Å². The molecule has 2 amide bonds. The van der Waals surface area contributed by atoms with Crippen LogP contribution in [0.5, 0.6) is 5.75 Å². The van der Waals surface area contributed by atoms with Gasteiger partial charge < -0.3 is 9.47 Å². The van der Waals surface area contributed by atoms with Crippen LogP contribution in [0, 0.1) is 0 Å². The molecule has 0 aromatic heterocycles. The summed E-state index contributed by atoms with van der Waals surface area (Å²) >= 11 is 6.83. The van der Waals surface area contributed by atoms with Crippen LogP contribution in [0.15, 0.2) is 109 Å². The van der Waals surface area contributed by atoms with Gasteiger partial charge in [-0.15, -0.1) is 0 Å². The molecular weight excluding hydrogens is 534 g/mol. The lowest BCUT2D eigenvalue weighted by Gasteiger charge is -2.37. The Balaban J connectivity index is 1.45. The van der Waals surface area contributed by atoms with Gasteiger partial charge in [-0.05, 0) is 36.6 Å². The number of rotatable bonds is 11. The molecule has 4 aromatic carbocycles. The zero-order valence-corrected chi connectivity index (χ0v) is 23.9. The number of cyclic esters (lactones) is 1. The van der Waals surface area contributed by atoms with Crippen LogP contribution in [0.1, 0.15) is 54.9 Å². The number of nitrogens with zero attached hydrogens (tertiary/aromatic N) is 1. The third kappa shape index (κ3) is 6.15. The van der Waals surface area contributed by atoms with Crippen molar-refractivity contribution in [3.8, 4) is 5.75 Å². The topological polar surface area (TPSA) is 55.8 Å². The van der Waals surface area contributed by atoms with Crippen LogP contribution in [0.2, 0.25) is 5.02 Å². The van der Waals surface area contributed by atoms with Crippen molar-refractivity contribution in [2.75, 3.05) is 6.61 Å². The average Bonchev–Trinajstić information content (AvgIpc) is 3.37. The van der Waals surface area contributed by atoms with Crippen LogP contribution in [0.25, 0.3) is 0 Å². The Morgan fingerprint density at radius 2 is 1.49 bits per heavy atom. The Bertz CT molecular complexity index is 1420. The Hall–Kier alpha value is -4.09. The third-order valence-electron chi connectivity index (χ3n) is 7.50. The van der Waals surface area contributed by atoms with Crippen LogP contribution in [0.4, 0.5) is 4.79 Å². The maximum atomic E-state index is 12.8. The van der Waals surface area contributed by atoms with E-state index in [1.54, 1.807) is 0 Å². The monoisotopic (exact) mass is 567 g/mol. The van der Waals surface area contributed by atoms with E-state index in [1.807, 2.05) is 109 Å². The summed E-state index contributed by atoms with van der Waals surface area (Å²) in [6.07, 6.45) is 3.07.